The molecular weight excluding hydrogens is 568 g/mol. The fraction of sp³-hybridized carbons (Fsp3) is 0.207. The number of likely N-dealkylation sites (tertiary alicyclic amines) is 1. The van der Waals surface area contributed by atoms with E-state index in [-0.39, 0.29) is 34.1 Å². The van der Waals surface area contributed by atoms with E-state index in [0.29, 0.717) is 40.0 Å². The van der Waals surface area contributed by atoms with Gasteiger partial charge in [-0.1, -0.05) is 89.9 Å². The van der Waals surface area contributed by atoms with E-state index >= 15 is 0 Å². The smallest absolute Gasteiger partial charge is 0.354 e. The van der Waals surface area contributed by atoms with Gasteiger partial charge in [0.2, 0.25) is 0 Å². The number of carboxylic acids is 1. The van der Waals surface area contributed by atoms with Crippen LogP contribution < -0.4 is 0 Å². The number of hydrogen-bond donors (Lipinski definition) is 1. The zero-order valence-corrected chi connectivity index (χ0v) is 23.1. The molecule has 1 atom stereocenters. The monoisotopic (exact) mass is 592 g/mol. The van der Waals surface area contributed by atoms with Crippen LogP contribution in [0.2, 0.25) is 10.0 Å². The Labute approximate surface area is 242 Å². The molecule has 0 aromatic heterocycles. The number of amides is 1. The largest absolute Gasteiger partial charge is 0.625 e. The summed E-state index contributed by atoms with van der Waals surface area (Å²) in [6.45, 7) is 2.95. The summed E-state index contributed by atoms with van der Waals surface area (Å²) in [5.74, 6) is -1.38. The van der Waals surface area contributed by atoms with Gasteiger partial charge in [0.05, 0.1) is 27.7 Å². The van der Waals surface area contributed by atoms with Gasteiger partial charge in [0.25, 0.3) is 0 Å². The van der Waals surface area contributed by atoms with Crippen molar-refractivity contribution < 1.29 is 31.2 Å². The minimum Gasteiger partial charge on any atom is -0.625 e. The summed E-state index contributed by atoms with van der Waals surface area (Å²) in [6, 6.07) is 21.6. The third kappa shape index (κ3) is 7.12. The maximum atomic E-state index is 13.4. The Morgan fingerprint density at radius 3 is 2.45 bits per heavy atom. The predicted molar refractivity (Wildman–Crippen MR) is 148 cm³/mol. The van der Waals surface area contributed by atoms with Crippen LogP contribution in [0, 0.1) is 0 Å². The van der Waals surface area contributed by atoms with E-state index in [1.165, 1.54) is 6.08 Å². The number of carbonyl (C=O) groups excluding carboxylic acids is 1. The number of carbonyl (C=O) groups is 2. The molecule has 1 aliphatic heterocycles. The Kier molecular flexibility index (Phi) is 10.7. The molecule has 0 saturated carbocycles. The Hall–Kier alpha value is -2.96. The standard InChI is InChI=1S/C29H27Cl2N3O3.Ni/c1-2-24(29(36)37)32-27(20-9-4-3-5-10-20)21-11-6-7-12-25(21)33-28(35)26-13-8-16-34(26)18-19-14-15-22(30)23(31)17-19;/h2-7,9-12,14-15,17,26H,8,13,16,18H2,1H3,(H2,32,33,35,36,37);/p-1/b24-2+;/t26-;/m0./s1. The normalized spacial score (nSPS) is 16.1. The first-order valence-corrected chi connectivity index (χ1v) is 12.7. The topological polar surface area (TPSA) is 84.1 Å². The molecular formula is C29H26Cl2N3NiO3-. The van der Waals surface area contributed by atoms with Gasteiger partial charge in [0, 0.05) is 28.6 Å². The molecule has 9 heteroatoms. The Morgan fingerprint density at radius 1 is 1.05 bits per heavy atom. The van der Waals surface area contributed by atoms with Gasteiger partial charge in [0.15, 0.2) is 0 Å². The number of halogens is 2. The average Bonchev–Trinajstić information content (AvgIpc) is 3.36. The summed E-state index contributed by atoms with van der Waals surface area (Å²) in [6.07, 6.45) is 3.03. The van der Waals surface area contributed by atoms with Crippen LogP contribution in [0.1, 0.15) is 36.5 Å². The Bertz CT molecular complexity index is 1360. The number of para-hydroxylation sites is 1. The molecule has 0 bridgehead atoms. The first kappa shape index (κ1) is 29.6. The van der Waals surface area contributed by atoms with E-state index in [2.05, 4.69) is 15.2 Å². The number of aliphatic imine (C=N–C) groups is 1. The van der Waals surface area contributed by atoms with Gasteiger partial charge in [0.1, 0.15) is 5.70 Å². The van der Waals surface area contributed by atoms with Crippen molar-refractivity contribution >= 4 is 46.5 Å². The quantitative estimate of drug-likeness (QED) is 0.173. The van der Waals surface area contributed by atoms with Gasteiger partial charge in [-0.25, -0.2) is 9.79 Å². The van der Waals surface area contributed by atoms with Crippen molar-refractivity contribution in [1.29, 1.82) is 0 Å². The van der Waals surface area contributed by atoms with E-state index in [0.717, 1.165) is 24.1 Å². The van der Waals surface area contributed by atoms with Crippen molar-refractivity contribution in [1.82, 2.24) is 4.90 Å². The number of hydrogen-bond acceptors (Lipinski definition) is 4. The van der Waals surface area contributed by atoms with Crippen LogP contribution in [0.3, 0.4) is 0 Å². The summed E-state index contributed by atoms with van der Waals surface area (Å²) in [5, 5.41) is 15.1. The number of allylic oxidation sites excluding steroid dienone is 1. The summed E-state index contributed by atoms with van der Waals surface area (Å²) >= 11 is 12.2. The average molecular weight is 594 g/mol. The van der Waals surface area contributed by atoms with Gasteiger partial charge in [-0.15, -0.1) is 5.69 Å². The van der Waals surface area contributed by atoms with Crippen molar-refractivity contribution in [2.24, 2.45) is 4.99 Å². The van der Waals surface area contributed by atoms with Crippen molar-refractivity contribution in [3.05, 3.63) is 117 Å². The summed E-state index contributed by atoms with van der Waals surface area (Å²) in [4.78, 5) is 31.7. The molecule has 0 aliphatic carbocycles. The summed E-state index contributed by atoms with van der Waals surface area (Å²) in [5.41, 5.74) is 3.06. The molecule has 6 nitrogen and oxygen atoms in total. The number of aliphatic carboxylic acids is 1. The first-order valence-electron chi connectivity index (χ1n) is 11.9. The molecule has 1 fully saturated rings. The van der Waals surface area contributed by atoms with Gasteiger partial charge in [-0.2, -0.15) is 0 Å². The molecule has 0 radical (unpaired) electrons. The molecule has 38 heavy (non-hydrogen) atoms. The minimum atomic E-state index is -1.13. The van der Waals surface area contributed by atoms with E-state index in [4.69, 9.17) is 23.2 Å². The summed E-state index contributed by atoms with van der Waals surface area (Å²) < 4.78 is 0. The minimum absolute atomic E-state index is 0. The maximum Gasteiger partial charge on any atom is 0.354 e. The van der Waals surface area contributed by atoms with E-state index in [9.17, 15) is 14.7 Å². The molecule has 1 heterocycles. The van der Waals surface area contributed by atoms with E-state index in [1.54, 1.807) is 31.2 Å². The van der Waals surface area contributed by atoms with Crippen LogP contribution in [0.5, 0.6) is 0 Å². The molecule has 1 amide bonds. The number of rotatable bonds is 8. The zero-order chi connectivity index (χ0) is 26.4. The molecule has 1 aliphatic rings. The van der Waals surface area contributed by atoms with Crippen LogP contribution in [-0.2, 0) is 32.6 Å². The van der Waals surface area contributed by atoms with Crippen LogP contribution in [0.25, 0.3) is 5.32 Å². The fourth-order valence-electron chi connectivity index (χ4n) is 4.36. The van der Waals surface area contributed by atoms with E-state index < -0.39 is 5.97 Å². The fourth-order valence-corrected chi connectivity index (χ4v) is 4.69. The van der Waals surface area contributed by atoms with Gasteiger partial charge in [-0.05, 0) is 49.6 Å². The zero-order valence-electron chi connectivity index (χ0n) is 20.6. The van der Waals surface area contributed by atoms with Crippen LogP contribution in [0.15, 0.2) is 89.6 Å². The Balaban J connectivity index is 0.00000400. The number of carboxylic acid groups (broad SMARTS) is 1. The molecule has 1 saturated heterocycles. The molecule has 3 aromatic carbocycles. The molecule has 200 valence electrons. The third-order valence-corrected chi connectivity index (χ3v) is 6.92. The molecule has 0 spiro atoms. The third-order valence-electron chi connectivity index (χ3n) is 6.18. The van der Waals surface area contributed by atoms with Crippen molar-refractivity contribution in [2.75, 3.05) is 6.54 Å². The second-order valence-corrected chi connectivity index (χ2v) is 9.46. The SMILES string of the molecule is C/C=C(/N=C(c1ccccc1)c1ccccc1[N-]C(=O)[C@@H]1CCCN1Cc1ccc(Cl)c(Cl)c1)C(=O)O.[Ni]. The second kappa shape index (κ2) is 13.7. The van der Waals surface area contributed by atoms with Gasteiger partial charge in [-0.3, -0.25) is 4.90 Å². The number of benzene rings is 3. The van der Waals surface area contributed by atoms with Gasteiger partial charge < -0.3 is 15.2 Å². The van der Waals surface area contributed by atoms with Crippen molar-refractivity contribution in [2.45, 2.75) is 32.4 Å². The molecule has 3 aromatic rings. The first-order chi connectivity index (χ1) is 17.9. The Morgan fingerprint density at radius 2 is 1.76 bits per heavy atom. The van der Waals surface area contributed by atoms with Crippen molar-refractivity contribution in [3.63, 3.8) is 0 Å². The van der Waals surface area contributed by atoms with E-state index in [1.807, 2.05) is 48.5 Å². The molecule has 4 rings (SSSR count). The van der Waals surface area contributed by atoms with Crippen molar-refractivity contribution in [3.8, 4) is 0 Å². The predicted octanol–water partition coefficient (Wildman–Crippen LogP) is 7.01. The van der Waals surface area contributed by atoms with Gasteiger partial charge >= 0.3 is 5.97 Å². The molecule has 0 unspecified atom stereocenters. The van der Waals surface area contributed by atoms with Crippen LogP contribution in [0.4, 0.5) is 5.69 Å². The number of nitrogens with zero attached hydrogens (tertiary/aromatic N) is 3. The van der Waals surface area contributed by atoms with Crippen LogP contribution >= 0.6 is 23.2 Å². The summed E-state index contributed by atoms with van der Waals surface area (Å²) in [7, 11) is 0. The molecule has 1 N–H and O–H groups in total. The maximum absolute atomic E-state index is 13.4. The van der Waals surface area contributed by atoms with Crippen LogP contribution in [-0.4, -0.2) is 40.2 Å². The second-order valence-electron chi connectivity index (χ2n) is 8.65.